The zero-order valence-electron chi connectivity index (χ0n) is 10.3. The van der Waals surface area contributed by atoms with E-state index < -0.39 is 4.92 Å². The number of nitro benzene ring substituents is 1. The van der Waals surface area contributed by atoms with Crippen LogP contribution in [-0.2, 0) is 0 Å². The van der Waals surface area contributed by atoms with Crippen LogP contribution in [0.15, 0.2) is 24.3 Å². The molecule has 0 saturated carbocycles. The first-order valence-electron chi connectivity index (χ1n) is 6.05. The van der Waals surface area contributed by atoms with Gasteiger partial charge in [-0.3, -0.25) is 14.9 Å². The van der Waals surface area contributed by atoms with Crippen LogP contribution in [0, 0.1) is 16.0 Å². The van der Waals surface area contributed by atoms with E-state index in [2.05, 4.69) is 4.90 Å². The van der Waals surface area contributed by atoms with Crippen molar-refractivity contribution in [1.29, 1.82) is 0 Å². The van der Waals surface area contributed by atoms with Crippen LogP contribution in [-0.4, -0.2) is 35.7 Å². The number of Topliss-reactive ketones (excluding diaryl/α,β-unsaturated/α-hetero) is 1. The maximum absolute atomic E-state index is 12.2. The van der Waals surface area contributed by atoms with E-state index in [1.165, 1.54) is 12.1 Å². The van der Waals surface area contributed by atoms with Crippen molar-refractivity contribution in [3.8, 4) is 0 Å². The van der Waals surface area contributed by atoms with Crippen molar-refractivity contribution in [3.05, 3.63) is 39.9 Å². The second kappa shape index (κ2) is 5.27. The van der Waals surface area contributed by atoms with Crippen LogP contribution in [0.25, 0.3) is 0 Å². The molecule has 1 saturated heterocycles. The van der Waals surface area contributed by atoms with Crippen LogP contribution < -0.4 is 0 Å². The predicted molar refractivity (Wildman–Crippen MR) is 67.6 cm³/mol. The van der Waals surface area contributed by atoms with Crippen molar-refractivity contribution in [2.45, 2.75) is 12.8 Å². The third-order valence-corrected chi connectivity index (χ3v) is 3.45. The zero-order chi connectivity index (χ0) is 13.1. The van der Waals surface area contributed by atoms with Crippen LogP contribution in [0.4, 0.5) is 5.69 Å². The number of hydrogen-bond donors (Lipinski definition) is 0. The molecule has 0 bridgehead atoms. The molecule has 0 amide bonds. The molecule has 5 heteroatoms. The number of benzene rings is 1. The summed E-state index contributed by atoms with van der Waals surface area (Å²) in [7, 11) is 2.05. The average Bonchev–Trinajstić information content (AvgIpc) is 2.39. The Morgan fingerprint density at radius 1 is 1.28 bits per heavy atom. The Kier molecular flexibility index (Phi) is 3.72. The van der Waals surface area contributed by atoms with E-state index >= 15 is 0 Å². The summed E-state index contributed by atoms with van der Waals surface area (Å²) in [4.78, 5) is 24.5. The first-order valence-corrected chi connectivity index (χ1v) is 6.05. The van der Waals surface area contributed by atoms with Crippen molar-refractivity contribution < 1.29 is 9.72 Å². The minimum atomic E-state index is -0.455. The first-order chi connectivity index (χ1) is 8.58. The van der Waals surface area contributed by atoms with E-state index in [1.54, 1.807) is 12.1 Å². The summed E-state index contributed by atoms with van der Waals surface area (Å²) in [6.07, 6.45) is 1.73. The molecule has 96 valence electrons. The molecule has 2 rings (SSSR count). The molecule has 1 aromatic carbocycles. The van der Waals surface area contributed by atoms with Crippen LogP contribution in [0.1, 0.15) is 23.2 Å². The SMILES string of the molecule is CN1CCC(C(=O)c2ccc([N+](=O)[O-])cc2)CC1. The molecule has 0 spiro atoms. The Balaban J connectivity index is 2.07. The molecule has 1 heterocycles. The molecule has 0 unspecified atom stereocenters. The molecule has 0 aliphatic carbocycles. The number of rotatable bonds is 3. The fourth-order valence-corrected chi connectivity index (χ4v) is 2.25. The van der Waals surface area contributed by atoms with E-state index in [1.807, 2.05) is 7.05 Å². The average molecular weight is 248 g/mol. The normalized spacial score (nSPS) is 17.6. The molecule has 1 fully saturated rings. The number of nitro groups is 1. The lowest BCUT2D eigenvalue weighted by atomic mass is 9.89. The monoisotopic (exact) mass is 248 g/mol. The number of likely N-dealkylation sites (tertiary alicyclic amines) is 1. The predicted octanol–water partition coefficient (Wildman–Crippen LogP) is 2.12. The fraction of sp³-hybridized carbons (Fsp3) is 0.462. The molecule has 1 aromatic rings. The van der Waals surface area contributed by atoms with Gasteiger partial charge >= 0.3 is 0 Å². The number of carbonyl (C=O) groups is 1. The third-order valence-electron chi connectivity index (χ3n) is 3.45. The molecule has 0 atom stereocenters. The summed E-state index contributed by atoms with van der Waals surface area (Å²) in [6, 6.07) is 5.89. The van der Waals surface area contributed by atoms with Crippen LogP contribution in [0.2, 0.25) is 0 Å². The number of non-ortho nitro benzene ring substituents is 1. The fourth-order valence-electron chi connectivity index (χ4n) is 2.25. The second-order valence-electron chi connectivity index (χ2n) is 4.75. The highest BCUT2D eigenvalue weighted by atomic mass is 16.6. The number of piperidine rings is 1. The molecular weight excluding hydrogens is 232 g/mol. The minimum absolute atomic E-state index is 0.0231. The standard InChI is InChI=1S/C13H16N2O3/c1-14-8-6-11(7-9-14)13(16)10-2-4-12(5-3-10)15(17)18/h2-5,11H,6-9H2,1H3. The summed E-state index contributed by atoms with van der Waals surface area (Å²) in [5.41, 5.74) is 0.602. The van der Waals surface area contributed by atoms with Gasteiger partial charge in [0.15, 0.2) is 5.78 Å². The summed E-state index contributed by atoms with van der Waals surface area (Å²) >= 11 is 0. The largest absolute Gasteiger partial charge is 0.306 e. The van der Waals surface area contributed by atoms with Crippen LogP contribution in [0.5, 0.6) is 0 Å². The highest BCUT2D eigenvalue weighted by Gasteiger charge is 2.24. The van der Waals surface area contributed by atoms with Gasteiger partial charge in [0.1, 0.15) is 0 Å². The lowest BCUT2D eigenvalue weighted by Crippen LogP contribution is -2.33. The van der Waals surface area contributed by atoms with Crippen molar-refractivity contribution in [1.82, 2.24) is 4.90 Å². The summed E-state index contributed by atoms with van der Waals surface area (Å²) in [5.74, 6) is 0.167. The molecule has 5 nitrogen and oxygen atoms in total. The molecule has 1 aliphatic heterocycles. The molecule has 0 aromatic heterocycles. The van der Waals surface area contributed by atoms with Gasteiger partial charge in [0.05, 0.1) is 4.92 Å². The third kappa shape index (κ3) is 2.73. The Hall–Kier alpha value is -1.75. The Labute approximate surface area is 106 Å². The van der Waals surface area contributed by atoms with E-state index in [0.717, 1.165) is 25.9 Å². The van der Waals surface area contributed by atoms with Gasteiger partial charge in [-0.15, -0.1) is 0 Å². The van der Waals surface area contributed by atoms with Gasteiger partial charge in [-0.05, 0) is 45.1 Å². The smallest absolute Gasteiger partial charge is 0.269 e. The molecular formula is C13H16N2O3. The highest BCUT2D eigenvalue weighted by Crippen LogP contribution is 2.22. The zero-order valence-corrected chi connectivity index (χ0v) is 10.3. The van der Waals surface area contributed by atoms with E-state index in [0.29, 0.717) is 5.56 Å². The van der Waals surface area contributed by atoms with Gasteiger partial charge < -0.3 is 4.90 Å². The number of nitrogens with zero attached hydrogens (tertiary/aromatic N) is 2. The first kappa shape index (κ1) is 12.7. The highest BCUT2D eigenvalue weighted by molar-refractivity contribution is 5.98. The Morgan fingerprint density at radius 2 is 1.83 bits per heavy atom. The van der Waals surface area contributed by atoms with Crippen molar-refractivity contribution >= 4 is 11.5 Å². The number of ketones is 1. The van der Waals surface area contributed by atoms with Crippen molar-refractivity contribution in [2.24, 2.45) is 5.92 Å². The van der Waals surface area contributed by atoms with Gasteiger partial charge in [0.2, 0.25) is 0 Å². The summed E-state index contributed by atoms with van der Waals surface area (Å²) in [5, 5.41) is 10.5. The molecule has 0 N–H and O–H groups in total. The van der Waals surface area contributed by atoms with Gasteiger partial charge in [-0.25, -0.2) is 0 Å². The van der Waals surface area contributed by atoms with Crippen LogP contribution in [0.3, 0.4) is 0 Å². The minimum Gasteiger partial charge on any atom is -0.306 e. The maximum atomic E-state index is 12.2. The topological polar surface area (TPSA) is 63.5 Å². The molecule has 0 radical (unpaired) electrons. The summed E-state index contributed by atoms with van der Waals surface area (Å²) in [6.45, 7) is 1.87. The van der Waals surface area contributed by atoms with Crippen LogP contribution >= 0.6 is 0 Å². The molecule has 1 aliphatic rings. The number of hydrogen-bond acceptors (Lipinski definition) is 4. The van der Waals surface area contributed by atoms with E-state index in [9.17, 15) is 14.9 Å². The lowest BCUT2D eigenvalue weighted by molar-refractivity contribution is -0.384. The van der Waals surface area contributed by atoms with Crippen molar-refractivity contribution in [2.75, 3.05) is 20.1 Å². The summed E-state index contributed by atoms with van der Waals surface area (Å²) < 4.78 is 0. The van der Waals surface area contributed by atoms with Crippen molar-refractivity contribution in [3.63, 3.8) is 0 Å². The molecule has 18 heavy (non-hydrogen) atoms. The lowest BCUT2D eigenvalue weighted by Gasteiger charge is -2.27. The van der Waals surface area contributed by atoms with E-state index in [-0.39, 0.29) is 17.4 Å². The van der Waals surface area contributed by atoms with E-state index in [4.69, 9.17) is 0 Å². The maximum Gasteiger partial charge on any atom is 0.269 e. The van der Waals surface area contributed by atoms with Gasteiger partial charge in [0.25, 0.3) is 5.69 Å². The Morgan fingerprint density at radius 3 is 2.33 bits per heavy atom. The van der Waals surface area contributed by atoms with Gasteiger partial charge in [0, 0.05) is 23.6 Å². The quantitative estimate of drug-likeness (QED) is 0.467. The number of carbonyl (C=O) groups excluding carboxylic acids is 1. The second-order valence-corrected chi connectivity index (χ2v) is 4.75. The van der Waals surface area contributed by atoms with Gasteiger partial charge in [-0.2, -0.15) is 0 Å². The van der Waals surface area contributed by atoms with Gasteiger partial charge in [-0.1, -0.05) is 0 Å². The Bertz CT molecular complexity index is 448.